The molecule has 0 unspecified atom stereocenters. The molecule has 0 atom stereocenters. The van der Waals surface area contributed by atoms with Crippen molar-refractivity contribution in [3.05, 3.63) is 63.7 Å². The lowest BCUT2D eigenvalue weighted by atomic mass is 10.1. The second-order valence-corrected chi connectivity index (χ2v) is 5.30. The molecular formula is C16H11ClF2O4. The van der Waals surface area contributed by atoms with Crippen molar-refractivity contribution in [1.29, 1.82) is 0 Å². The molecule has 4 nitrogen and oxygen atoms in total. The summed E-state index contributed by atoms with van der Waals surface area (Å²) in [6.07, 6.45) is 0. The quantitative estimate of drug-likeness (QED) is 0.796. The SMILES string of the molecule is O=C(OCc1cc(Cl)cc2c1OCOC2)c1ccc(F)cc1F. The molecule has 0 aromatic heterocycles. The van der Waals surface area contributed by atoms with Crippen LogP contribution in [0.15, 0.2) is 30.3 Å². The highest BCUT2D eigenvalue weighted by Crippen LogP contribution is 2.32. The molecule has 0 saturated heterocycles. The third kappa shape index (κ3) is 3.43. The molecule has 0 aliphatic carbocycles. The summed E-state index contributed by atoms with van der Waals surface area (Å²) in [6, 6.07) is 5.94. The summed E-state index contributed by atoms with van der Waals surface area (Å²) in [5, 5.41) is 0.442. The first kappa shape index (κ1) is 15.7. The number of ether oxygens (including phenoxy) is 3. The van der Waals surface area contributed by atoms with Crippen molar-refractivity contribution in [1.82, 2.24) is 0 Å². The molecule has 2 aromatic rings. The van der Waals surface area contributed by atoms with Gasteiger partial charge < -0.3 is 14.2 Å². The third-order valence-electron chi connectivity index (χ3n) is 3.26. The molecular weight excluding hydrogens is 330 g/mol. The maximum Gasteiger partial charge on any atom is 0.341 e. The Morgan fingerprint density at radius 3 is 2.87 bits per heavy atom. The highest BCUT2D eigenvalue weighted by atomic mass is 35.5. The van der Waals surface area contributed by atoms with E-state index in [1.807, 2.05) is 0 Å². The van der Waals surface area contributed by atoms with Gasteiger partial charge in [-0.3, -0.25) is 0 Å². The van der Waals surface area contributed by atoms with Crippen molar-refractivity contribution in [2.75, 3.05) is 6.79 Å². The lowest BCUT2D eigenvalue weighted by molar-refractivity contribution is -0.0180. The van der Waals surface area contributed by atoms with E-state index < -0.39 is 17.6 Å². The third-order valence-corrected chi connectivity index (χ3v) is 3.48. The van der Waals surface area contributed by atoms with Crippen LogP contribution < -0.4 is 4.74 Å². The Labute approximate surface area is 135 Å². The zero-order valence-corrected chi connectivity index (χ0v) is 12.5. The number of carbonyl (C=O) groups is 1. The minimum atomic E-state index is -0.979. The summed E-state index contributed by atoms with van der Waals surface area (Å²) in [5.74, 6) is -2.11. The van der Waals surface area contributed by atoms with Crippen LogP contribution in [0.5, 0.6) is 5.75 Å². The Morgan fingerprint density at radius 1 is 1.26 bits per heavy atom. The molecule has 1 aliphatic rings. The van der Waals surface area contributed by atoms with Gasteiger partial charge in [-0.1, -0.05) is 11.6 Å². The zero-order chi connectivity index (χ0) is 16.4. The van der Waals surface area contributed by atoms with Crippen molar-refractivity contribution >= 4 is 17.6 Å². The van der Waals surface area contributed by atoms with Crippen LogP contribution in [0.1, 0.15) is 21.5 Å². The molecule has 0 fully saturated rings. The second kappa shape index (κ2) is 6.52. The number of carbonyl (C=O) groups excluding carboxylic acids is 1. The van der Waals surface area contributed by atoms with Gasteiger partial charge in [0, 0.05) is 22.2 Å². The van der Waals surface area contributed by atoms with Crippen molar-refractivity contribution in [2.24, 2.45) is 0 Å². The predicted molar refractivity (Wildman–Crippen MR) is 77.2 cm³/mol. The summed E-state index contributed by atoms with van der Waals surface area (Å²) in [7, 11) is 0. The van der Waals surface area contributed by atoms with Gasteiger partial charge >= 0.3 is 5.97 Å². The average molecular weight is 341 g/mol. The Kier molecular flexibility index (Phi) is 4.45. The molecule has 120 valence electrons. The summed E-state index contributed by atoms with van der Waals surface area (Å²) in [4.78, 5) is 11.9. The van der Waals surface area contributed by atoms with E-state index >= 15 is 0 Å². The number of rotatable bonds is 3. The van der Waals surface area contributed by atoms with E-state index in [4.69, 9.17) is 25.8 Å². The average Bonchev–Trinajstić information content (AvgIpc) is 2.52. The maximum absolute atomic E-state index is 13.6. The van der Waals surface area contributed by atoms with Crippen molar-refractivity contribution in [3.8, 4) is 5.75 Å². The van der Waals surface area contributed by atoms with Gasteiger partial charge in [0.2, 0.25) is 0 Å². The molecule has 3 rings (SSSR count). The van der Waals surface area contributed by atoms with Crippen molar-refractivity contribution in [2.45, 2.75) is 13.2 Å². The van der Waals surface area contributed by atoms with E-state index in [9.17, 15) is 13.6 Å². The van der Waals surface area contributed by atoms with Gasteiger partial charge in [0.1, 0.15) is 24.0 Å². The largest absolute Gasteiger partial charge is 0.467 e. The topological polar surface area (TPSA) is 44.8 Å². The van der Waals surface area contributed by atoms with Crippen molar-refractivity contribution < 1.29 is 27.8 Å². The van der Waals surface area contributed by atoms with Gasteiger partial charge in [0.15, 0.2) is 6.79 Å². The molecule has 1 aliphatic heterocycles. The highest BCUT2D eigenvalue weighted by Gasteiger charge is 2.19. The number of fused-ring (bicyclic) bond motifs is 1. The lowest BCUT2D eigenvalue weighted by Crippen LogP contribution is -2.14. The first-order chi connectivity index (χ1) is 11.0. The summed E-state index contributed by atoms with van der Waals surface area (Å²) < 4.78 is 42.0. The molecule has 7 heteroatoms. The first-order valence-corrected chi connectivity index (χ1v) is 7.06. The smallest absolute Gasteiger partial charge is 0.341 e. The van der Waals surface area contributed by atoms with E-state index in [2.05, 4.69) is 0 Å². The molecule has 1 heterocycles. The molecule has 0 bridgehead atoms. The Balaban J connectivity index is 1.78. The van der Waals surface area contributed by atoms with Crippen LogP contribution in [0.3, 0.4) is 0 Å². The fourth-order valence-electron chi connectivity index (χ4n) is 2.24. The maximum atomic E-state index is 13.6. The van der Waals surface area contributed by atoms with Crippen LogP contribution in [0.4, 0.5) is 8.78 Å². The van der Waals surface area contributed by atoms with Gasteiger partial charge in [-0.15, -0.1) is 0 Å². The number of esters is 1. The van der Waals surface area contributed by atoms with E-state index in [0.29, 0.717) is 29.0 Å². The fourth-order valence-corrected chi connectivity index (χ4v) is 2.50. The van der Waals surface area contributed by atoms with Crippen molar-refractivity contribution in [3.63, 3.8) is 0 Å². The standard InChI is InChI=1S/C16H11ClF2O4/c17-11-3-9-6-21-8-23-15(9)10(4-11)7-22-16(20)13-2-1-12(18)5-14(13)19/h1-5H,6-8H2. The van der Waals surface area contributed by atoms with E-state index in [0.717, 1.165) is 17.7 Å². The number of hydrogen-bond donors (Lipinski definition) is 0. The first-order valence-electron chi connectivity index (χ1n) is 6.68. The van der Waals surface area contributed by atoms with Crippen LogP contribution >= 0.6 is 11.6 Å². The molecule has 0 radical (unpaired) electrons. The Bertz CT molecular complexity index is 764. The van der Waals surface area contributed by atoms with E-state index in [1.54, 1.807) is 12.1 Å². The van der Waals surface area contributed by atoms with Gasteiger partial charge in [-0.05, 0) is 24.3 Å². The Hall–Kier alpha value is -2.18. The van der Waals surface area contributed by atoms with E-state index in [1.165, 1.54) is 0 Å². The normalized spacial score (nSPS) is 13.2. The van der Waals surface area contributed by atoms with Gasteiger partial charge in [-0.2, -0.15) is 0 Å². The highest BCUT2D eigenvalue weighted by molar-refractivity contribution is 6.30. The monoisotopic (exact) mass is 340 g/mol. The number of halogens is 3. The minimum absolute atomic E-state index is 0.0855. The van der Waals surface area contributed by atoms with Gasteiger partial charge in [-0.25, -0.2) is 13.6 Å². The molecule has 23 heavy (non-hydrogen) atoms. The number of benzene rings is 2. The number of hydrogen-bond acceptors (Lipinski definition) is 4. The minimum Gasteiger partial charge on any atom is -0.467 e. The molecule has 2 aromatic carbocycles. The second-order valence-electron chi connectivity index (χ2n) is 4.86. The summed E-state index contributed by atoms with van der Waals surface area (Å²) in [6.45, 7) is 0.268. The summed E-state index contributed by atoms with van der Waals surface area (Å²) >= 11 is 6.00. The Morgan fingerprint density at radius 2 is 2.09 bits per heavy atom. The molecule has 0 saturated carbocycles. The predicted octanol–water partition coefficient (Wildman–Crippen LogP) is 3.84. The van der Waals surface area contributed by atoms with Gasteiger partial charge in [0.25, 0.3) is 0 Å². The lowest BCUT2D eigenvalue weighted by Gasteiger charge is -2.21. The van der Waals surface area contributed by atoms with Crippen LogP contribution in [0.2, 0.25) is 5.02 Å². The van der Waals surface area contributed by atoms with Crippen LogP contribution in [-0.2, 0) is 22.7 Å². The molecule has 0 spiro atoms. The molecule has 0 amide bonds. The fraction of sp³-hybridized carbons (Fsp3) is 0.188. The van der Waals surface area contributed by atoms with E-state index in [-0.39, 0.29) is 19.0 Å². The molecule has 0 N–H and O–H groups in total. The van der Waals surface area contributed by atoms with Gasteiger partial charge in [0.05, 0.1) is 12.2 Å². The zero-order valence-electron chi connectivity index (χ0n) is 11.8. The van der Waals surface area contributed by atoms with Crippen LogP contribution in [0.25, 0.3) is 0 Å². The van der Waals surface area contributed by atoms with Crippen LogP contribution in [-0.4, -0.2) is 12.8 Å². The van der Waals surface area contributed by atoms with Crippen LogP contribution in [0, 0.1) is 11.6 Å². The summed E-state index contributed by atoms with van der Waals surface area (Å²) in [5.41, 5.74) is 0.945.